The van der Waals surface area contributed by atoms with E-state index in [4.69, 9.17) is 0 Å². The molecule has 2 rings (SSSR count). The van der Waals surface area contributed by atoms with E-state index in [1.807, 2.05) is 51.9 Å². The molecule has 0 N–H and O–H groups in total. The molecular weight excluding hydrogens is 338 g/mol. The van der Waals surface area contributed by atoms with E-state index in [-0.39, 0.29) is 5.91 Å². The van der Waals surface area contributed by atoms with Gasteiger partial charge < -0.3 is 9.80 Å². The number of aryl methyl sites for hydroxylation is 3. The van der Waals surface area contributed by atoms with Crippen LogP contribution in [0, 0.1) is 20.8 Å². The second-order valence-corrected chi connectivity index (χ2v) is 8.94. The fourth-order valence-corrected chi connectivity index (χ4v) is 5.19. The van der Waals surface area contributed by atoms with E-state index in [2.05, 4.69) is 0 Å². The predicted molar refractivity (Wildman–Crippen MR) is 99.2 cm³/mol. The van der Waals surface area contributed by atoms with Crippen molar-refractivity contribution in [3.05, 3.63) is 28.8 Å². The van der Waals surface area contributed by atoms with E-state index in [0.29, 0.717) is 44.0 Å². The molecule has 1 aromatic rings. The number of benzene rings is 1. The molecule has 1 fully saturated rings. The lowest BCUT2D eigenvalue weighted by atomic mass is 10.1. The zero-order valence-corrected chi connectivity index (χ0v) is 16.7. The zero-order valence-electron chi connectivity index (χ0n) is 15.9. The molecule has 1 aromatic carbocycles. The second-order valence-electron chi connectivity index (χ2n) is 7.07. The summed E-state index contributed by atoms with van der Waals surface area (Å²) in [5, 5.41) is 0. The first-order valence-corrected chi connectivity index (χ1v) is 10.1. The fourth-order valence-electron chi connectivity index (χ4n) is 3.36. The highest BCUT2D eigenvalue weighted by molar-refractivity contribution is 7.89. The number of piperazine rings is 1. The van der Waals surface area contributed by atoms with Crippen molar-refractivity contribution in [2.24, 2.45) is 0 Å². The van der Waals surface area contributed by atoms with Crippen molar-refractivity contribution in [1.82, 2.24) is 14.1 Å². The van der Waals surface area contributed by atoms with Gasteiger partial charge in [0.25, 0.3) is 0 Å². The third-order valence-electron chi connectivity index (χ3n) is 4.57. The maximum atomic E-state index is 13.0. The summed E-state index contributed by atoms with van der Waals surface area (Å²) in [7, 11) is 0.341. The molecule has 1 amide bonds. The van der Waals surface area contributed by atoms with E-state index >= 15 is 0 Å². The molecule has 140 valence electrons. The Balaban J connectivity index is 2.08. The van der Waals surface area contributed by atoms with Gasteiger partial charge >= 0.3 is 0 Å². The fraction of sp³-hybridized carbons (Fsp3) is 0.611. The van der Waals surface area contributed by atoms with Crippen LogP contribution in [-0.2, 0) is 14.8 Å². The number of carbonyl (C=O) groups excluding carboxylic acids is 1. The molecule has 0 radical (unpaired) electrons. The first-order chi connectivity index (χ1) is 11.6. The highest BCUT2D eigenvalue weighted by atomic mass is 32.2. The molecule has 0 atom stereocenters. The van der Waals surface area contributed by atoms with Gasteiger partial charge in [0.05, 0.1) is 4.90 Å². The first-order valence-electron chi connectivity index (χ1n) is 8.63. The van der Waals surface area contributed by atoms with Gasteiger partial charge in [-0.1, -0.05) is 17.7 Å². The summed E-state index contributed by atoms with van der Waals surface area (Å²) in [6, 6.07) is 3.81. The van der Waals surface area contributed by atoms with E-state index in [9.17, 15) is 13.2 Å². The number of nitrogens with zero attached hydrogens (tertiary/aromatic N) is 3. The molecule has 7 heteroatoms. The largest absolute Gasteiger partial charge is 0.340 e. The average molecular weight is 368 g/mol. The minimum absolute atomic E-state index is 0.0912. The van der Waals surface area contributed by atoms with Crippen molar-refractivity contribution in [2.75, 3.05) is 46.8 Å². The van der Waals surface area contributed by atoms with Gasteiger partial charge in [-0.05, 0) is 46.0 Å². The Morgan fingerprint density at radius 3 is 2.04 bits per heavy atom. The Labute approximate surface area is 151 Å². The predicted octanol–water partition coefficient (Wildman–Crippen LogP) is 1.40. The van der Waals surface area contributed by atoms with Crippen LogP contribution in [0.3, 0.4) is 0 Å². The first kappa shape index (κ1) is 19.9. The molecule has 0 spiro atoms. The van der Waals surface area contributed by atoms with Crippen LogP contribution in [0.5, 0.6) is 0 Å². The lowest BCUT2D eigenvalue weighted by Gasteiger charge is -2.34. The monoisotopic (exact) mass is 367 g/mol. The molecule has 0 bridgehead atoms. The molecule has 0 aromatic heterocycles. The van der Waals surface area contributed by atoms with E-state index in [0.717, 1.165) is 16.7 Å². The highest BCUT2D eigenvalue weighted by Crippen LogP contribution is 2.26. The van der Waals surface area contributed by atoms with Gasteiger partial charge in [0, 0.05) is 39.1 Å². The van der Waals surface area contributed by atoms with Gasteiger partial charge in [0.15, 0.2) is 0 Å². The lowest BCUT2D eigenvalue weighted by Crippen LogP contribution is -2.51. The summed E-state index contributed by atoms with van der Waals surface area (Å²) in [4.78, 5) is 16.4. The Morgan fingerprint density at radius 2 is 1.56 bits per heavy atom. The van der Waals surface area contributed by atoms with Crippen molar-refractivity contribution in [1.29, 1.82) is 0 Å². The number of hydrogen-bond donors (Lipinski definition) is 0. The van der Waals surface area contributed by atoms with Crippen LogP contribution < -0.4 is 0 Å². The van der Waals surface area contributed by atoms with Gasteiger partial charge in [-0.3, -0.25) is 4.79 Å². The van der Waals surface area contributed by atoms with Crippen LogP contribution in [0.15, 0.2) is 17.0 Å². The molecule has 1 aliphatic rings. The van der Waals surface area contributed by atoms with Gasteiger partial charge in [0.2, 0.25) is 15.9 Å². The van der Waals surface area contributed by atoms with Gasteiger partial charge in [-0.25, -0.2) is 8.42 Å². The molecule has 6 nitrogen and oxygen atoms in total. The highest BCUT2D eigenvalue weighted by Gasteiger charge is 2.32. The number of rotatable bonds is 5. The van der Waals surface area contributed by atoms with E-state index in [1.54, 1.807) is 4.90 Å². The summed E-state index contributed by atoms with van der Waals surface area (Å²) in [6.07, 6.45) is 0.468. The molecule has 1 heterocycles. The topological polar surface area (TPSA) is 60.9 Å². The summed E-state index contributed by atoms with van der Waals surface area (Å²) in [6.45, 7) is 7.96. The maximum Gasteiger partial charge on any atom is 0.243 e. The normalized spacial score (nSPS) is 16.5. The van der Waals surface area contributed by atoms with E-state index in [1.165, 1.54) is 4.31 Å². The number of carbonyl (C=O) groups is 1. The summed E-state index contributed by atoms with van der Waals surface area (Å²) in [5.41, 5.74) is 2.62. The van der Waals surface area contributed by atoms with Crippen LogP contribution in [0.4, 0.5) is 0 Å². The number of sulfonamides is 1. The number of amides is 1. The average Bonchev–Trinajstić information content (AvgIpc) is 2.51. The van der Waals surface area contributed by atoms with Crippen molar-refractivity contribution in [2.45, 2.75) is 32.1 Å². The Morgan fingerprint density at radius 1 is 1.04 bits per heavy atom. The molecule has 0 unspecified atom stereocenters. The minimum atomic E-state index is -3.53. The quantitative estimate of drug-likeness (QED) is 0.789. The summed E-state index contributed by atoms with van der Waals surface area (Å²) in [5.74, 6) is 0.0912. The van der Waals surface area contributed by atoms with Crippen LogP contribution >= 0.6 is 0 Å². The van der Waals surface area contributed by atoms with Crippen LogP contribution in [0.2, 0.25) is 0 Å². The van der Waals surface area contributed by atoms with Crippen molar-refractivity contribution in [3.8, 4) is 0 Å². The summed E-state index contributed by atoms with van der Waals surface area (Å²) >= 11 is 0. The maximum absolute atomic E-state index is 13.0. The molecular formula is C18H29N3O3S. The standard InChI is InChI=1S/C18H29N3O3S/c1-14-12-15(2)18(16(3)13-14)25(23,24)21-10-8-20(9-11-21)17(22)6-7-19(4)5/h12-13H,6-11H2,1-5H3. The lowest BCUT2D eigenvalue weighted by molar-refractivity contribution is -0.132. The Hall–Kier alpha value is -1.44. The van der Waals surface area contributed by atoms with Crippen LogP contribution in [0.1, 0.15) is 23.1 Å². The SMILES string of the molecule is Cc1cc(C)c(S(=O)(=O)N2CCN(C(=O)CCN(C)C)CC2)c(C)c1. The Kier molecular flexibility index (Phi) is 6.24. The van der Waals surface area contributed by atoms with Crippen LogP contribution in [0.25, 0.3) is 0 Å². The molecule has 0 saturated carbocycles. The van der Waals surface area contributed by atoms with Gasteiger partial charge in [0.1, 0.15) is 0 Å². The molecule has 0 aliphatic carbocycles. The smallest absolute Gasteiger partial charge is 0.243 e. The van der Waals surface area contributed by atoms with Crippen molar-refractivity contribution < 1.29 is 13.2 Å². The third kappa shape index (κ3) is 4.59. The summed E-state index contributed by atoms with van der Waals surface area (Å²) < 4.78 is 27.6. The van der Waals surface area contributed by atoms with E-state index < -0.39 is 10.0 Å². The van der Waals surface area contributed by atoms with Crippen LogP contribution in [-0.4, -0.2) is 75.2 Å². The molecule has 25 heavy (non-hydrogen) atoms. The minimum Gasteiger partial charge on any atom is -0.340 e. The van der Waals surface area contributed by atoms with Crippen molar-refractivity contribution in [3.63, 3.8) is 0 Å². The van der Waals surface area contributed by atoms with Gasteiger partial charge in [-0.15, -0.1) is 0 Å². The Bertz CT molecular complexity index is 713. The van der Waals surface area contributed by atoms with Gasteiger partial charge in [-0.2, -0.15) is 4.31 Å². The molecule has 1 saturated heterocycles. The second kappa shape index (κ2) is 7.85. The third-order valence-corrected chi connectivity index (χ3v) is 6.77. The van der Waals surface area contributed by atoms with Crippen molar-refractivity contribution >= 4 is 15.9 Å². The number of hydrogen-bond acceptors (Lipinski definition) is 4. The zero-order chi connectivity index (χ0) is 18.8. The molecule has 1 aliphatic heterocycles.